The van der Waals surface area contributed by atoms with Crippen LogP contribution in [0.5, 0.6) is 5.75 Å². The lowest BCUT2D eigenvalue weighted by atomic mass is 9.85. The van der Waals surface area contributed by atoms with E-state index in [0.717, 1.165) is 84.3 Å². The standard InChI is InChI=1S/C35H45N5O4S/c1-22-6-11-31(29(14-22)30-20-45-35(36-30)40-16-25-8-9-26(17-40)32(25)34(42)43)44-19-27-10-7-24(15-23(27)2)33(41)38(5)21-39-13-12-28(18-39)37(3)4/h6-7,10-11,14-15,20,25-26,28,32H,8-9,12-13,16-19,21H2,1-5H3,(H,42,43)/t25?,26?,28-,32?/m0/s1. The van der Waals surface area contributed by atoms with E-state index in [1.54, 1.807) is 11.3 Å². The number of aliphatic carboxylic acids is 1. The summed E-state index contributed by atoms with van der Waals surface area (Å²) in [6, 6.07) is 12.6. The molecule has 45 heavy (non-hydrogen) atoms. The quantitative estimate of drug-likeness (QED) is 0.326. The molecule has 2 unspecified atom stereocenters. The lowest BCUT2D eigenvalue weighted by molar-refractivity contribution is -0.144. The fraction of sp³-hybridized carbons (Fsp3) is 0.514. The molecule has 240 valence electrons. The van der Waals surface area contributed by atoms with Crippen LogP contribution >= 0.6 is 11.3 Å². The number of amides is 1. The van der Waals surface area contributed by atoms with Gasteiger partial charge in [0.1, 0.15) is 12.4 Å². The van der Waals surface area contributed by atoms with Crippen molar-refractivity contribution >= 4 is 28.3 Å². The first kappa shape index (κ1) is 31.5. The van der Waals surface area contributed by atoms with E-state index in [4.69, 9.17) is 9.72 Å². The van der Waals surface area contributed by atoms with Gasteiger partial charge in [0.2, 0.25) is 0 Å². The Morgan fingerprint density at radius 1 is 1.02 bits per heavy atom. The first-order valence-corrected chi connectivity index (χ1v) is 16.9. The van der Waals surface area contributed by atoms with Crippen LogP contribution in [0.1, 0.15) is 46.3 Å². The van der Waals surface area contributed by atoms with E-state index in [-0.39, 0.29) is 23.7 Å². The Kier molecular flexibility index (Phi) is 9.17. The van der Waals surface area contributed by atoms with Gasteiger partial charge in [0.25, 0.3) is 5.91 Å². The van der Waals surface area contributed by atoms with E-state index in [0.29, 0.717) is 24.9 Å². The maximum Gasteiger partial charge on any atom is 0.307 e. The first-order chi connectivity index (χ1) is 21.6. The minimum Gasteiger partial charge on any atom is -0.488 e. The number of hydrogen-bond donors (Lipinski definition) is 1. The molecular weight excluding hydrogens is 586 g/mol. The van der Waals surface area contributed by atoms with E-state index in [1.807, 2.05) is 49.2 Å². The molecule has 3 heterocycles. The number of anilines is 1. The zero-order valence-electron chi connectivity index (χ0n) is 27.0. The van der Waals surface area contributed by atoms with Gasteiger partial charge in [0.05, 0.1) is 18.3 Å². The Bertz CT molecular complexity index is 1540. The van der Waals surface area contributed by atoms with Crippen LogP contribution in [-0.4, -0.2) is 96.7 Å². The van der Waals surface area contributed by atoms with Gasteiger partial charge in [-0.1, -0.05) is 17.7 Å². The number of carboxylic acids is 1. The minimum absolute atomic E-state index is 0.0271. The third kappa shape index (κ3) is 6.73. The highest BCUT2D eigenvalue weighted by atomic mass is 32.1. The highest BCUT2D eigenvalue weighted by Crippen LogP contribution is 2.44. The number of ether oxygens (including phenoxy) is 1. The summed E-state index contributed by atoms with van der Waals surface area (Å²) in [6.07, 6.45) is 3.09. The van der Waals surface area contributed by atoms with E-state index >= 15 is 0 Å². The van der Waals surface area contributed by atoms with Crippen molar-refractivity contribution in [3.8, 4) is 17.0 Å². The molecule has 0 spiro atoms. The molecule has 10 heteroatoms. The average molecular weight is 632 g/mol. The van der Waals surface area contributed by atoms with E-state index in [2.05, 4.69) is 47.2 Å². The monoisotopic (exact) mass is 631 g/mol. The van der Waals surface area contributed by atoms with Crippen molar-refractivity contribution in [2.75, 3.05) is 58.9 Å². The van der Waals surface area contributed by atoms with Crippen LogP contribution in [0.15, 0.2) is 41.8 Å². The second-order valence-corrected chi connectivity index (χ2v) is 14.3. The number of piperidine rings is 1. The summed E-state index contributed by atoms with van der Waals surface area (Å²) >= 11 is 1.61. The van der Waals surface area contributed by atoms with Gasteiger partial charge < -0.3 is 24.5 Å². The van der Waals surface area contributed by atoms with E-state index in [1.165, 1.54) is 0 Å². The van der Waals surface area contributed by atoms with Gasteiger partial charge in [-0.15, -0.1) is 11.3 Å². The van der Waals surface area contributed by atoms with E-state index < -0.39 is 5.97 Å². The molecule has 1 amide bonds. The molecule has 1 N–H and O–H groups in total. The zero-order chi connectivity index (χ0) is 31.8. The van der Waals surface area contributed by atoms with Gasteiger partial charge in [-0.3, -0.25) is 14.5 Å². The third-order valence-corrected chi connectivity index (χ3v) is 10.9. The number of nitrogens with zero attached hydrogens (tertiary/aromatic N) is 5. The molecule has 3 aliphatic rings. The predicted octanol–water partition coefficient (Wildman–Crippen LogP) is 5.22. The number of aryl methyl sites for hydroxylation is 2. The molecule has 3 fully saturated rings. The molecule has 2 bridgehead atoms. The summed E-state index contributed by atoms with van der Waals surface area (Å²) in [5, 5.41) is 12.7. The van der Waals surface area contributed by atoms with Crippen molar-refractivity contribution in [1.29, 1.82) is 0 Å². The molecule has 1 aromatic heterocycles. The van der Waals surface area contributed by atoms with Crippen LogP contribution < -0.4 is 9.64 Å². The molecule has 2 aliphatic heterocycles. The van der Waals surface area contributed by atoms with Crippen molar-refractivity contribution in [3.63, 3.8) is 0 Å². The normalized spacial score (nSPS) is 23.1. The SMILES string of the molecule is Cc1ccc(OCc2ccc(C(=O)N(C)CN3CC[C@H](N(C)C)C3)cc2C)c(-c2csc(N3CC4CCC(C3)C4C(=O)O)n2)c1. The molecule has 3 atom stereocenters. The lowest BCUT2D eigenvalue weighted by Gasteiger charge is -2.35. The Hall–Kier alpha value is -3.47. The first-order valence-electron chi connectivity index (χ1n) is 16.0. The number of hydrogen-bond acceptors (Lipinski definition) is 8. The van der Waals surface area contributed by atoms with Crippen molar-refractivity contribution < 1.29 is 19.4 Å². The number of rotatable bonds is 10. The molecule has 2 saturated heterocycles. The molecule has 3 aromatic rings. The number of carbonyl (C=O) groups is 2. The summed E-state index contributed by atoms with van der Waals surface area (Å²) in [6.45, 7) is 8.59. The largest absolute Gasteiger partial charge is 0.488 e. The van der Waals surface area contributed by atoms with E-state index in [9.17, 15) is 14.7 Å². The number of likely N-dealkylation sites (tertiary alicyclic amines) is 1. The molecule has 1 aliphatic carbocycles. The molecule has 6 rings (SSSR count). The minimum atomic E-state index is -0.650. The number of likely N-dealkylation sites (N-methyl/N-ethyl adjacent to an activating group) is 1. The van der Waals surface area contributed by atoms with Crippen LogP contribution in [0.3, 0.4) is 0 Å². The molecule has 1 saturated carbocycles. The third-order valence-electron chi connectivity index (χ3n) is 10.0. The predicted molar refractivity (Wildman–Crippen MR) is 178 cm³/mol. The summed E-state index contributed by atoms with van der Waals surface area (Å²) < 4.78 is 6.40. The Morgan fingerprint density at radius 2 is 1.78 bits per heavy atom. The molecule has 2 aromatic carbocycles. The Balaban J connectivity index is 1.10. The van der Waals surface area contributed by atoms with Crippen molar-refractivity contribution in [2.24, 2.45) is 17.8 Å². The van der Waals surface area contributed by atoms with Crippen molar-refractivity contribution in [1.82, 2.24) is 19.7 Å². The maximum atomic E-state index is 13.2. The number of fused-ring (bicyclic) bond motifs is 2. The second-order valence-electron chi connectivity index (χ2n) is 13.4. The fourth-order valence-electron chi connectivity index (χ4n) is 7.38. The number of benzene rings is 2. The van der Waals surface area contributed by atoms with Gasteiger partial charge in [-0.2, -0.15) is 0 Å². The number of carbonyl (C=O) groups excluding carboxylic acids is 1. The number of thiazole rings is 1. The van der Waals surface area contributed by atoms with Gasteiger partial charge in [0.15, 0.2) is 5.13 Å². The Labute approximate surface area is 270 Å². The Morgan fingerprint density at radius 3 is 2.44 bits per heavy atom. The summed E-state index contributed by atoms with van der Waals surface area (Å²) in [4.78, 5) is 38.7. The maximum absolute atomic E-state index is 13.2. The highest BCUT2D eigenvalue weighted by molar-refractivity contribution is 7.14. The second kappa shape index (κ2) is 13.1. The van der Waals surface area contributed by atoms with Gasteiger partial charge in [0, 0.05) is 55.8 Å². The summed E-state index contributed by atoms with van der Waals surface area (Å²) in [7, 11) is 6.11. The van der Waals surface area contributed by atoms with Crippen LogP contribution in [0.2, 0.25) is 0 Å². The highest BCUT2D eigenvalue weighted by Gasteiger charge is 2.46. The topological polar surface area (TPSA) is 89.5 Å². The van der Waals surface area contributed by atoms with Crippen molar-refractivity contribution in [2.45, 2.75) is 45.8 Å². The van der Waals surface area contributed by atoms with Gasteiger partial charge in [-0.25, -0.2) is 4.98 Å². The molecule has 0 radical (unpaired) electrons. The van der Waals surface area contributed by atoms with Crippen LogP contribution in [0, 0.1) is 31.6 Å². The average Bonchev–Trinajstić information content (AvgIpc) is 3.75. The van der Waals surface area contributed by atoms with Crippen molar-refractivity contribution in [3.05, 3.63) is 64.0 Å². The van der Waals surface area contributed by atoms with Crippen LogP contribution in [0.4, 0.5) is 5.13 Å². The lowest BCUT2D eigenvalue weighted by Crippen LogP contribution is -2.44. The smallest absolute Gasteiger partial charge is 0.307 e. The van der Waals surface area contributed by atoms with Crippen LogP contribution in [-0.2, 0) is 11.4 Å². The van der Waals surface area contributed by atoms with Gasteiger partial charge >= 0.3 is 5.97 Å². The van der Waals surface area contributed by atoms with Gasteiger partial charge in [-0.05, 0) is 94.4 Å². The fourth-order valence-corrected chi connectivity index (χ4v) is 8.22. The number of aromatic nitrogens is 1. The summed E-state index contributed by atoms with van der Waals surface area (Å²) in [5.41, 5.74) is 5.69. The molecular formula is C35H45N5O4S. The zero-order valence-corrected chi connectivity index (χ0v) is 27.8. The number of carboxylic acid groups (broad SMARTS) is 1. The van der Waals surface area contributed by atoms with Crippen LogP contribution in [0.25, 0.3) is 11.3 Å². The summed E-state index contributed by atoms with van der Waals surface area (Å²) in [5.74, 6) is 0.307. The molecule has 9 nitrogen and oxygen atoms in total.